The summed E-state index contributed by atoms with van der Waals surface area (Å²) in [5, 5.41) is 20.4. The third-order valence-corrected chi connectivity index (χ3v) is 4.75. The predicted molar refractivity (Wildman–Crippen MR) is 101 cm³/mol. The Morgan fingerprint density at radius 1 is 1.04 bits per heavy atom. The number of phenolic OH excluding ortho intramolecular Hbond substituents is 1. The van der Waals surface area contributed by atoms with Crippen LogP contribution in [0.1, 0.15) is 5.56 Å². The molecular formula is C20H19N5O. The molecule has 26 heavy (non-hydrogen) atoms. The first-order chi connectivity index (χ1) is 12.7. The molecule has 2 aromatic carbocycles. The highest BCUT2D eigenvalue weighted by atomic mass is 16.3. The van der Waals surface area contributed by atoms with Crippen molar-refractivity contribution < 1.29 is 5.11 Å². The lowest BCUT2D eigenvalue weighted by Crippen LogP contribution is -2.45. The molecule has 1 fully saturated rings. The van der Waals surface area contributed by atoms with E-state index in [9.17, 15) is 5.11 Å². The van der Waals surface area contributed by atoms with Crippen molar-refractivity contribution in [1.82, 2.24) is 14.9 Å². The molecule has 6 heteroatoms. The average Bonchev–Trinajstić information content (AvgIpc) is 2.68. The van der Waals surface area contributed by atoms with Crippen LogP contribution < -0.4 is 4.90 Å². The Hall–Kier alpha value is -3.17. The summed E-state index contributed by atoms with van der Waals surface area (Å²) in [6.45, 7) is 3.73. The van der Waals surface area contributed by atoms with Crippen molar-refractivity contribution in [2.75, 3.05) is 38.1 Å². The molecule has 0 unspecified atom stereocenters. The Bertz CT molecular complexity index is 1000. The molecule has 130 valence electrons. The summed E-state index contributed by atoms with van der Waals surface area (Å²) in [5.41, 5.74) is 1.77. The van der Waals surface area contributed by atoms with E-state index in [1.165, 1.54) is 6.07 Å². The van der Waals surface area contributed by atoms with Crippen LogP contribution in [0, 0.1) is 11.3 Å². The van der Waals surface area contributed by atoms with Crippen LogP contribution in [0.25, 0.3) is 22.3 Å². The maximum atomic E-state index is 10.3. The summed E-state index contributed by atoms with van der Waals surface area (Å²) in [6, 6.07) is 14.7. The van der Waals surface area contributed by atoms with Gasteiger partial charge in [0, 0.05) is 31.6 Å². The van der Waals surface area contributed by atoms with E-state index in [0.717, 1.165) is 42.9 Å². The van der Waals surface area contributed by atoms with E-state index >= 15 is 0 Å². The molecule has 0 amide bonds. The van der Waals surface area contributed by atoms with Crippen LogP contribution in [0.2, 0.25) is 0 Å². The van der Waals surface area contributed by atoms with Crippen molar-refractivity contribution in [3.63, 3.8) is 0 Å². The summed E-state index contributed by atoms with van der Waals surface area (Å²) in [4.78, 5) is 14.0. The average molecular weight is 345 g/mol. The number of aromatic hydroxyl groups is 1. The Morgan fingerprint density at radius 2 is 1.81 bits per heavy atom. The van der Waals surface area contributed by atoms with Gasteiger partial charge in [0.2, 0.25) is 0 Å². The van der Waals surface area contributed by atoms with Crippen molar-refractivity contribution in [2.24, 2.45) is 0 Å². The van der Waals surface area contributed by atoms with Crippen LogP contribution in [-0.2, 0) is 0 Å². The normalized spacial score (nSPS) is 15.2. The van der Waals surface area contributed by atoms with E-state index in [0.29, 0.717) is 17.0 Å². The molecule has 0 bridgehead atoms. The standard InChI is InChI=1S/C20H19N5O/c1-24-8-10-25(11-9-24)20-15-4-2-3-5-17(15)22-19(23-20)16-12-14(13-21)6-7-18(16)26/h2-7,12,26H,8-11H2,1H3. The highest BCUT2D eigenvalue weighted by molar-refractivity contribution is 5.91. The number of benzene rings is 2. The van der Waals surface area contributed by atoms with Gasteiger partial charge in [-0.05, 0) is 37.4 Å². The Balaban J connectivity index is 1.88. The highest BCUT2D eigenvalue weighted by Crippen LogP contribution is 2.32. The smallest absolute Gasteiger partial charge is 0.165 e. The Kier molecular flexibility index (Phi) is 4.15. The van der Waals surface area contributed by atoms with Gasteiger partial charge in [-0.15, -0.1) is 0 Å². The largest absolute Gasteiger partial charge is 0.507 e. The first-order valence-corrected chi connectivity index (χ1v) is 8.59. The molecule has 0 aliphatic carbocycles. The molecule has 1 saturated heterocycles. The zero-order chi connectivity index (χ0) is 18.1. The van der Waals surface area contributed by atoms with Gasteiger partial charge in [-0.2, -0.15) is 5.26 Å². The predicted octanol–water partition coefficient (Wildman–Crippen LogP) is 2.63. The van der Waals surface area contributed by atoms with Crippen LogP contribution in [0.15, 0.2) is 42.5 Å². The fourth-order valence-electron chi connectivity index (χ4n) is 3.22. The summed E-state index contributed by atoms with van der Waals surface area (Å²) >= 11 is 0. The zero-order valence-electron chi connectivity index (χ0n) is 14.6. The summed E-state index contributed by atoms with van der Waals surface area (Å²) in [7, 11) is 2.12. The molecule has 3 aromatic rings. The van der Waals surface area contributed by atoms with Gasteiger partial charge in [-0.25, -0.2) is 9.97 Å². The molecule has 1 N–H and O–H groups in total. The second-order valence-corrected chi connectivity index (χ2v) is 6.52. The molecule has 1 aliphatic rings. The number of para-hydroxylation sites is 1. The van der Waals surface area contributed by atoms with Gasteiger partial charge in [0.25, 0.3) is 0 Å². The molecule has 6 nitrogen and oxygen atoms in total. The van der Waals surface area contributed by atoms with Crippen molar-refractivity contribution in [3.05, 3.63) is 48.0 Å². The van der Waals surface area contributed by atoms with Crippen molar-refractivity contribution in [1.29, 1.82) is 5.26 Å². The third kappa shape index (κ3) is 2.93. The number of phenols is 1. The second kappa shape index (κ2) is 6.62. The first-order valence-electron chi connectivity index (χ1n) is 8.59. The van der Waals surface area contributed by atoms with Crippen molar-refractivity contribution in [2.45, 2.75) is 0 Å². The molecular weight excluding hydrogens is 326 g/mol. The van der Waals surface area contributed by atoms with Crippen LogP contribution in [0.3, 0.4) is 0 Å². The number of anilines is 1. The topological polar surface area (TPSA) is 76.3 Å². The molecule has 0 radical (unpaired) electrons. The molecule has 0 atom stereocenters. The number of hydrogen-bond donors (Lipinski definition) is 1. The van der Waals surface area contributed by atoms with Gasteiger partial charge in [-0.1, -0.05) is 12.1 Å². The Labute approximate surface area is 151 Å². The maximum Gasteiger partial charge on any atom is 0.165 e. The fraction of sp³-hybridized carbons (Fsp3) is 0.250. The fourth-order valence-corrected chi connectivity index (χ4v) is 3.22. The quantitative estimate of drug-likeness (QED) is 0.769. The second-order valence-electron chi connectivity index (χ2n) is 6.52. The van der Waals surface area contributed by atoms with Crippen LogP contribution in [-0.4, -0.2) is 53.2 Å². The van der Waals surface area contributed by atoms with Crippen LogP contribution in [0.4, 0.5) is 5.82 Å². The van der Waals surface area contributed by atoms with E-state index < -0.39 is 0 Å². The lowest BCUT2D eigenvalue weighted by molar-refractivity contribution is 0.312. The van der Waals surface area contributed by atoms with Crippen molar-refractivity contribution >= 4 is 16.7 Å². The SMILES string of the molecule is CN1CCN(c2nc(-c3cc(C#N)ccc3O)nc3ccccc23)CC1. The molecule has 4 rings (SSSR count). The van der Waals surface area contributed by atoms with E-state index in [1.807, 2.05) is 24.3 Å². The third-order valence-electron chi connectivity index (χ3n) is 4.75. The molecule has 1 aliphatic heterocycles. The number of aromatic nitrogens is 2. The molecule has 1 aromatic heterocycles. The van der Waals surface area contributed by atoms with E-state index in [2.05, 4.69) is 27.9 Å². The minimum Gasteiger partial charge on any atom is -0.507 e. The zero-order valence-corrected chi connectivity index (χ0v) is 14.6. The number of nitriles is 1. The highest BCUT2D eigenvalue weighted by Gasteiger charge is 2.20. The van der Waals surface area contributed by atoms with Gasteiger partial charge in [-0.3, -0.25) is 0 Å². The van der Waals surface area contributed by atoms with Crippen molar-refractivity contribution in [3.8, 4) is 23.2 Å². The first kappa shape index (κ1) is 16.3. The number of nitrogens with zero attached hydrogens (tertiary/aromatic N) is 5. The Morgan fingerprint density at radius 3 is 2.58 bits per heavy atom. The van der Waals surface area contributed by atoms with E-state index in [-0.39, 0.29) is 5.75 Å². The van der Waals surface area contributed by atoms with Crippen LogP contribution in [0.5, 0.6) is 5.75 Å². The molecule has 2 heterocycles. The van der Waals surface area contributed by atoms with Gasteiger partial charge < -0.3 is 14.9 Å². The summed E-state index contributed by atoms with van der Waals surface area (Å²) in [5.74, 6) is 1.39. The summed E-state index contributed by atoms with van der Waals surface area (Å²) < 4.78 is 0. The number of likely N-dealkylation sites (N-methyl/N-ethyl adjacent to an activating group) is 1. The minimum atomic E-state index is 0.0728. The summed E-state index contributed by atoms with van der Waals surface area (Å²) in [6.07, 6.45) is 0. The lowest BCUT2D eigenvalue weighted by Gasteiger charge is -2.33. The van der Waals surface area contributed by atoms with Gasteiger partial charge in [0.1, 0.15) is 11.6 Å². The molecule has 0 saturated carbocycles. The van der Waals surface area contributed by atoms with E-state index in [1.54, 1.807) is 12.1 Å². The lowest BCUT2D eigenvalue weighted by atomic mass is 10.1. The van der Waals surface area contributed by atoms with Gasteiger partial charge >= 0.3 is 0 Å². The number of hydrogen-bond acceptors (Lipinski definition) is 6. The van der Waals surface area contributed by atoms with Gasteiger partial charge in [0.15, 0.2) is 5.82 Å². The van der Waals surface area contributed by atoms with Crippen LogP contribution >= 0.6 is 0 Å². The monoisotopic (exact) mass is 345 g/mol. The number of piperazine rings is 1. The van der Waals surface area contributed by atoms with E-state index in [4.69, 9.17) is 10.2 Å². The minimum absolute atomic E-state index is 0.0728. The number of fused-ring (bicyclic) bond motifs is 1. The van der Waals surface area contributed by atoms with Gasteiger partial charge in [0.05, 0.1) is 22.7 Å². The number of rotatable bonds is 2. The molecule has 0 spiro atoms. The maximum absolute atomic E-state index is 10.3.